The van der Waals surface area contributed by atoms with Crippen LogP contribution in [0.15, 0.2) is 59.6 Å². The van der Waals surface area contributed by atoms with Crippen molar-refractivity contribution in [3.8, 4) is 0 Å². The van der Waals surface area contributed by atoms with Crippen LogP contribution in [0.25, 0.3) is 20.4 Å². The summed E-state index contributed by atoms with van der Waals surface area (Å²) in [5, 5.41) is 0. The van der Waals surface area contributed by atoms with Crippen molar-refractivity contribution in [2.45, 2.75) is 92.2 Å². The molecule has 0 radical (unpaired) electrons. The van der Waals surface area contributed by atoms with Crippen molar-refractivity contribution in [3.05, 3.63) is 81.4 Å². The van der Waals surface area contributed by atoms with E-state index in [2.05, 4.69) is 84.2 Å². The van der Waals surface area contributed by atoms with Crippen molar-refractivity contribution in [1.82, 2.24) is 9.13 Å². The fourth-order valence-electron chi connectivity index (χ4n) is 5.39. The van der Waals surface area contributed by atoms with Crippen LogP contribution in [0, 0.1) is 27.7 Å². The molecule has 0 aliphatic rings. The Morgan fingerprint density at radius 1 is 0.667 bits per heavy atom. The molecule has 0 aliphatic carbocycles. The van der Waals surface area contributed by atoms with Crippen LogP contribution in [0.2, 0.25) is 0 Å². The first-order chi connectivity index (χ1) is 20.2. The molecule has 2 amide bonds. The summed E-state index contributed by atoms with van der Waals surface area (Å²) in [5.41, 5.74) is 7.04. The summed E-state index contributed by atoms with van der Waals surface area (Å²) in [4.78, 5) is 35.7. The number of nitrogens with zero attached hydrogens (tertiary/aromatic N) is 4. The van der Waals surface area contributed by atoms with Gasteiger partial charge in [0.2, 0.25) is 11.8 Å². The molecule has 0 saturated heterocycles. The number of hydrogen-bond acceptors (Lipinski definition) is 4. The fraction of sp³-hybridized carbons (Fsp3) is 0.412. The van der Waals surface area contributed by atoms with Gasteiger partial charge in [-0.1, -0.05) is 72.6 Å². The number of rotatable bonds is 13. The summed E-state index contributed by atoms with van der Waals surface area (Å²) >= 11 is 3.15. The molecule has 4 rings (SSSR count). The number of allylic oxidation sites excluding steroid dienone is 2. The van der Waals surface area contributed by atoms with E-state index in [1.54, 1.807) is 22.7 Å². The van der Waals surface area contributed by atoms with E-state index in [-0.39, 0.29) is 11.8 Å². The SMILES string of the molecule is C=CCn1c(=NC(=O)CCCCCCCCC(=O)N=c2sc3c(C)cc(C)cc3n2CC=C)sc2c(C)cc(C)cc21. The molecule has 2 aromatic heterocycles. The summed E-state index contributed by atoms with van der Waals surface area (Å²) in [6, 6.07) is 8.63. The normalized spacial score (nSPS) is 12.5. The van der Waals surface area contributed by atoms with Crippen molar-refractivity contribution in [2.24, 2.45) is 9.98 Å². The minimum Gasteiger partial charge on any atom is -0.312 e. The third-order valence-electron chi connectivity index (χ3n) is 7.32. The Balaban J connectivity index is 1.23. The van der Waals surface area contributed by atoms with Crippen LogP contribution in [0.3, 0.4) is 0 Å². The third-order valence-corrected chi connectivity index (χ3v) is 9.78. The molecule has 0 aliphatic heterocycles. The second-order valence-corrected chi connectivity index (χ2v) is 13.0. The van der Waals surface area contributed by atoms with Crippen molar-refractivity contribution in [2.75, 3.05) is 0 Å². The number of hydrogen-bond donors (Lipinski definition) is 0. The van der Waals surface area contributed by atoms with Gasteiger partial charge in [0.25, 0.3) is 0 Å². The van der Waals surface area contributed by atoms with E-state index < -0.39 is 0 Å². The first-order valence-electron chi connectivity index (χ1n) is 14.8. The summed E-state index contributed by atoms with van der Waals surface area (Å²) in [7, 11) is 0. The highest BCUT2D eigenvalue weighted by atomic mass is 32.1. The van der Waals surface area contributed by atoms with E-state index in [4.69, 9.17) is 0 Å². The van der Waals surface area contributed by atoms with Crippen LogP contribution < -0.4 is 9.60 Å². The Bertz CT molecular complexity index is 1630. The maximum atomic E-state index is 12.7. The quantitative estimate of drug-likeness (QED) is 0.115. The van der Waals surface area contributed by atoms with Gasteiger partial charge in [-0.15, -0.1) is 13.2 Å². The molecule has 6 nitrogen and oxygen atoms in total. The van der Waals surface area contributed by atoms with Gasteiger partial charge in [0.1, 0.15) is 0 Å². The van der Waals surface area contributed by atoms with Gasteiger partial charge in [-0.3, -0.25) is 9.59 Å². The maximum Gasteiger partial charge on any atom is 0.248 e. The molecule has 2 heterocycles. The number of unbranched alkanes of at least 4 members (excludes halogenated alkanes) is 5. The number of fused-ring (bicyclic) bond motifs is 2. The third kappa shape index (κ3) is 7.72. The number of thiazole rings is 2. The molecule has 8 heteroatoms. The standard InChI is InChI=1S/C34H42N4O2S2/c1-7-17-37-27-21-23(3)19-25(5)31(27)41-33(37)35-29(39)15-13-11-9-10-12-14-16-30(40)36-34-38(18-8-2)28-22-24(4)20-26(6)32(28)42-34/h7-8,19-22H,1-2,9-18H2,3-6H3. The van der Waals surface area contributed by atoms with Crippen molar-refractivity contribution >= 4 is 54.9 Å². The summed E-state index contributed by atoms with van der Waals surface area (Å²) in [5.74, 6) is -0.137. The molecule has 42 heavy (non-hydrogen) atoms. The Hall–Kier alpha value is -3.36. The van der Waals surface area contributed by atoms with Gasteiger partial charge >= 0.3 is 0 Å². The largest absolute Gasteiger partial charge is 0.312 e. The van der Waals surface area contributed by atoms with Gasteiger partial charge in [0.15, 0.2) is 9.60 Å². The topological polar surface area (TPSA) is 68.7 Å². The predicted octanol–water partition coefficient (Wildman–Crippen LogP) is 8.00. The van der Waals surface area contributed by atoms with E-state index in [9.17, 15) is 9.59 Å². The van der Waals surface area contributed by atoms with Crippen LogP contribution >= 0.6 is 22.7 Å². The van der Waals surface area contributed by atoms with Gasteiger partial charge in [-0.2, -0.15) is 9.98 Å². The average Bonchev–Trinajstić information content (AvgIpc) is 3.44. The summed E-state index contributed by atoms with van der Waals surface area (Å²) in [6.45, 7) is 17.4. The predicted molar refractivity (Wildman–Crippen MR) is 177 cm³/mol. The van der Waals surface area contributed by atoms with E-state index >= 15 is 0 Å². The number of carbonyl (C=O) groups is 2. The molecule has 0 atom stereocenters. The summed E-state index contributed by atoms with van der Waals surface area (Å²) in [6.07, 6.45) is 10.3. The average molecular weight is 603 g/mol. The molecule has 0 bridgehead atoms. The van der Waals surface area contributed by atoms with Crippen molar-refractivity contribution in [1.29, 1.82) is 0 Å². The number of aryl methyl sites for hydroxylation is 4. The zero-order valence-electron chi connectivity index (χ0n) is 25.4. The van der Waals surface area contributed by atoms with E-state index in [0.717, 1.165) is 59.2 Å². The van der Waals surface area contributed by atoms with Crippen molar-refractivity contribution < 1.29 is 9.59 Å². The zero-order chi connectivity index (χ0) is 30.2. The van der Waals surface area contributed by atoms with Gasteiger partial charge in [-0.25, -0.2) is 0 Å². The Kier molecular flexibility index (Phi) is 11.0. The Morgan fingerprint density at radius 2 is 1.05 bits per heavy atom. The van der Waals surface area contributed by atoms with Gasteiger partial charge in [0.05, 0.1) is 20.4 Å². The maximum absolute atomic E-state index is 12.7. The monoisotopic (exact) mass is 602 g/mol. The first-order valence-corrected chi connectivity index (χ1v) is 16.4. The van der Waals surface area contributed by atoms with E-state index in [1.165, 1.54) is 31.7 Å². The van der Waals surface area contributed by atoms with Crippen LogP contribution in [0.1, 0.15) is 73.6 Å². The fourth-order valence-corrected chi connectivity index (χ4v) is 7.60. The molecule has 0 N–H and O–H groups in total. The second-order valence-electron chi connectivity index (χ2n) is 11.1. The minimum atomic E-state index is -0.0683. The van der Waals surface area contributed by atoms with Crippen LogP contribution in [-0.4, -0.2) is 20.9 Å². The molecular weight excluding hydrogens is 561 g/mol. The molecular formula is C34H42N4O2S2. The lowest BCUT2D eigenvalue weighted by Crippen LogP contribution is -2.16. The van der Waals surface area contributed by atoms with Gasteiger partial charge in [-0.05, 0) is 74.9 Å². The molecule has 2 aromatic carbocycles. The molecule has 0 fully saturated rings. The minimum absolute atomic E-state index is 0.0683. The lowest BCUT2D eigenvalue weighted by Gasteiger charge is -2.04. The molecule has 222 valence electrons. The van der Waals surface area contributed by atoms with Crippen LogP contribution in [-0.2, 0) is 22.7 Å². The number of benzene rings is 2. The van der Waals surface area contributed by atoms with Gasteiger partial charge < -0.3 is 9.13 Å². The molecule has 0 unspecified atom stereocenters. The highest BCUT2D eigenvalue weighted by Gasteiger charge is 2.11. The van der Waals surface area contributed by atoms with Gasteiger partial charge in [0, 0.05) is 25.9 Å². The lowest BCUT2D eigenvalue weighted by molar-refractivity contribution is -0.119. The number of aromatic nitrogens is 2. The Labute approximate surface area is 256 Å². The van der Waals surface area contributed by atoms with Crippen LogP contribution in [0.4, 0.5) is 0 Å². The highest BCUT2D eigenvalue weighted by Crippen LogP contribution is 2.25. The van der Waals surface area contributed by atoms with Crippen molar-refractivity contribution in [3.63, 3.8) is 0 Å². The second kappa shape index (κ2) is 14.7. The zero-order valence-corrected chi connectivity index (χ0v) is 27.0. The van der Waals surface area contributed by atoms with Crippen LogP contribution in [0.5, 0.6) is 0 Å². The van der Waals surface area contributed by atoms with E-state index in [0.29, 0.717) is 25.9 Å². The molecule has 0 spiro atoms. The highest BCUT2D eigenvalue weighted by molar-refractivity contribution is 7.17. The number of amides is 2. The summed E-state index contributed by atoms with van der Waals surface area (Å²) < 4.78 is 6.51. The smallest absolute Gasteiger partial charge is 0.248 e. The Morgan fingerprint density at radius 3 is 1.43 bits per heavy atom. The van der Waals surface area contributed by atoms with E-state index in [1.807, 2.05) is 12.2 Å². The molecule has 0 saturated carbocycles. The number of carbonyl (C=O) groups excluding carboxylic acids is 2. The molecule has 4 aromatic rings. The lowest BCUT2D eigenvalue weighted by atomic mass is 10.1. The first kappa shape index (κ1) is 31.6.